The monoisotopic (exact) mass is 292 g/mol. The molecule has 0 bridgehead atoms. The summed E-state index contributed by atoms with van der Waals surface area (Å²) in [5, 5.41) is 6.99. The summed E-state index contributed by atoms with van der Waals surface area (Å²) in [6.07, 6.45) is 3.49. The van der Waals surface area contributed by atoms with Crippen molar-refractivity contribution in [1.29, 1.82) is 0 Å². The molecular formula is C14H16N2OS2. The standard InChI is InChI=1S/C14H16N2OS2/c1-7-5-6-10(18-7)12-15-13(17)11-8-3-2-4-9(8)19-14(11)16-12/h5-6,11-12,14,16H,2-4H2,1H3,(H,15,17). The maximum absolute atomic E-state index is 12.4. The lowest BCUT2D eigenvalue weighted by Crippen LogP contribution is -2.54. The van der Waals surface area contributed by atoms with Crippen molar-refractivity contribution >= 4 is 29.0 Å². The number of fused-ring (bicyclic) bond motifs is 2. The number of hydrogen-bond acceptors (Lipinski definition) is 4. The zero-order valence-electron chi connectivity index (χ0n) is 10.7. The fraction of sp³-hybridized carbons (Fsp3) is 0.500. The molecule has 1 saturated heterocycles. The summed E-state index contributed by atoms with van der Waals surface area (Å²) < 4.78 is 0. The molecule has 1 amide bonds. The van der Waals surface area contributed by atoms with Crippen molar-refractivity contribution < 1.29 is 4.79 Å². The fourth-order valence-corrected chi connectivity index (χ4v) is 5.70. The first-order valence-corrected chi connectivity index (χ1v) is 8.43. The maximum atomic E-state index is 12.4. The van der Waals surface area contributed by atoms with Gasteiger partial charge in [-0.25, -0.2) is 0 Å². The number of allylic oxidation sites excluding steroid dienone is 1. The highest BCUT2D eigenvalue weighted by molar-refractivity contribution is 8.04. The van der Waals surface area contributed by atoms with Crippen molar-refractivity contribution in [3.63, 3.8) is 0 Å². The Kier molecular flexibility index (Phi) is 2.76. The predicted molar refractivity (Wildman–Crippen MR) is 78.8 cm³/mol. The third-order valence-corrected chi connectivity index (χ3v) is 6.58. The van der Waals surface area contributed by atoms with E-state index in [1.165, 1.54) is 33.1 Å². The van der Waals surface area contributed by atoms with E-state index in [9.17, 15) is 4.79 Å². The van der Waals surface area contributed by atoms with Gasteiger partial charge in [-0.2, -0.15) is 0 Å². The lowest BCUT2D eigenvalue weighted by atomic mass is 9.95. The molecule has 19 heavy (non-hydrogen) atoms. The summed E-state index contributed by atoms with van der Waals surface area (Å²) >= 11 is 3.64. The molecule has 2 aliphatic heterocycles. The first kappa shape index (κ1) is 12.0. The van der Waals surface area contributed by atoms with Gasteiger partial charge in [0.15, 0.2) is 0 Å². The van der Waals surface area contributed by atoms with Gasteiger partial charge in [-0.3, -0.25) is 10.1 Å². The van der Waals surface area contributed by atoms with E-state index >= 15 is 0 Å². The molecule has 1 aromatic rings. The molecule has 5 heteroatoms. The first-order chi connectivity index (χ1) is 9.22. The Hall–Kier alpha value is -0.780. The zero-order valence-corrected chi connectivity index (χ0v) is 12.4. The number of aryl methyl sites for hydroxylation is 1. The Bertz CT molecular complexity index is 578. The number of hydrogen-bond donors (Lipinski definition) is 2. The van der Waals surface area contributed by atoms with Gasteiger partial charge in [0, 0.05) is 9.75 Å². The van der Waals surface area contributed by atoms with Crippen LogP contribution in [0.1, 0.15) is 35.2 Å². The number of thioether (sulfide) groups is 1. The van der Waals surface area contributed by atoms with Crippen LogP contribution in [-0.2, 0) is 4.79 Å². The summed E-state index contributed by atoms with van der Waals surface area (Å²) in [5.74, 6) is 0.277. The minimum Gasteiger partial charge on any atom is -0.335 e. The summed E-state index contributed by atoms with van der Waals surface area (Å²) in [6.45, 7) is 2.10. The Morgan fingerprint density at radius 1 is 1.32 bits per heavy atom. The van der Waals surface area contributed by atoms with Crippen molar-refractivity contribution in [1.82, 2.24) is 10.6 Å². The second kappa shape index (κ2) is 4.36. The van der Waals surface area contributed by atoms with E-state index in [2.05, 4.69) is 29.7 Å². The molecule has 100 valence electrons. The Morgan fingerprint density at radius 3 is 3.00 bits per heavy atom. The van der Waals surface area contributed by atoms with Crippen LogP contribution in [0.4, 0.5) is 0 Å². The van der Waals surface area contributed by atoms with Gasteiger partial charge in [-0.15, -0.1) is 23.1 Å². The summed E-state index contributed by atoms with van der Waals surface area (Å²) in [5.41, 5.74) is 1.40. The molecule has 0 saturated carbocycles. The van der Waals surface area contributed by atoms with Crippen LogP contribution in [-0.4, -0.2) is 11.3 Å². The molecule has 0 aromatic carbocycles. The first-order valence-electron chi connectivity index (χ1n) is 6.74. The highest BCUT2D eigenvalue weighted by atomic mass is 32.2. The van der Waals surface area contributed by atoms with E-state index in [0.717, 1.165) is 6.42 Å². The molecule has 0 spiro atoms. The third kappa shape index (κ3) is 1.87. The molecule has 4 rings (SSSR count). The van der Waals surface area contributed by atoms with E-state index in [1.807, 2.05) is 11.8 Å². The van der Waals surface area contributed by atoms with E-state index in [1.54, 1.807) is 11.3 Å². The minimum absolute atomic E-state index is 0.0139. The van der Waals surface area contributed by atoms with Crippen LogP contribution in [0.5, 0.6) is 0 Å². The highest BCUT2D eigenvalue weighted by Crippen LogP contribution is 2.51. The summed E-state index contributed by atoms with van der Waals surface area (Å²) in [6, 6.07) is 4.22. The smallest absolute Gasteiger partial charge is 0.231 e. The third-order valence-electron chi connectivity index (χ3n) is 4.10. The molecule has 1 aliphatic carbocycles. The van der Waals surface area contributed by atoms with Crippen LogP contribution < -0.4 is 10.6 Å². The van der Waals surface area contributed by atoms with Crippen LogP contribution >= 0.6 is 23.1 Å². The average molecular weight is 292 g/mol. The normalized spacial score (nSPS) is 33.3. The number of rotatable bonds is 1. The van der Waals surface area contributed by atoms with E-state index in [-0.39, 0.29) is 23.4 Å². The molecule has 3 unspecified atom stereocenters. The highest BCUT2D eigenvalue weighted by Gasteiger charge is 2.46. The maximum Gasteiger partial charge on any atom is 0.231 e. The SMILES string of the molecule is Cc1ccc(C2NC(=O)C3C4=C(CCC4)SC3N2)s1. The van der Waals surface area contributed by atoms with Crippen molar-refractivity contribution in [2.24, 2.45) is 5.92 Å². The van der Waals surface area contributed by atoms with Crippen molar-refractivity contribution in [2.45, 2.75) is 37.7 Å². The number of carbonyl (C=O) groups excluding carboxylic acids is 1. The molecule has 2 N–H and O–H groups in total. The second-order valence-electron chi connectivity index (χ2n) is 5.37. The summed E-state index contributed by atoms with van der Waals surface area (Å²) in [7, 11) is 0. The molecular weight excluding hydrogens is 276 g/mol. The van der Waals surface area contributed by atoms with Crippen LogP contribution in [0.3, 0.4) is 0 Å². The van der Waals surface area contributed by atoms with Crippen molar-refractivity contribution in [3.05, 3.63) is 32.4 Å². The molecule has 3 nitrogen and oxygen atoms in total. The molecule has 3 aliphatic rings. The van der Waals surface area contributed by atoms with Gasteiger partial charge >= 0.3 is 0 Å². The molecule has 3 heterocycles. The topological polar surface area (TPSA) is 41.1 Å². The van der Waals surface area contributed by atoms with Crippen molar-refractivity contribution in [2.75, 3.05) is 0 Å². The van der Waals surface area contributed by atoms with E-state index in [0.29, 0.717) is 0 Å². The molecule has 3 atom stereocenters. The van der Waals surface area contributed by atoms with Gasteiger partial charge in [-0.1, -0.05) is 0 Å². The Labute approximate surface area is 120 Å². The van der Waals surface area contributed by atoms with Gasteiger partial charge in [0.25, 0.3) is 0 Å². The number of nitrogens with one attached hydrogen (secondary N) is 2. The van der Waals surface area contributed by atoms with Crippen LogP contribution in [0.15, 0.2) is 22.6 Å². The van der Waals surface area contributed by atoms with Gasteiger partial charge in [0.05, 0.1) is 11.3 Å². The minimum atomic E-state index is -0.0139. The fourth-order valence-electron chi connectivity index (χ4n) is 3.23. The molecule has 0 radical (unpaired) electrons. The Morgan fingerprint density at radius 2 is 2.21 bits per heavy atom. The Balaban J connectivity index is 1.59. The van der Waals surface area contributed by atoms with Crippen LogP contribution in [0.2, 0.25) is 0 Å². The largest absolute Gasteiger partial charge is 0.335 e. The van der Waals surface area contributed by atoms with Gasteiger partial charge < -0.3 is 5.32 Å². The summed E-state index contributed by atoms with van der Waals surface area (Å²) in [4.78, 5) is 16.4. The van der Waals surface area contributed by atoms with Gasteiger partial charge in [0.2, 0.25) is 5.91 Å². The zero-order chi connectivity index (χ0) is 13.0. The quantitative estimate of drug-likeness (QED) is 0.836. The number of carbonyl (C=O) groups is 1. The average Bonchev–Trinajstić information content (AvgIpc) is 3.02. The predicted octanol–water partition coefficient (Wildman–Crippen LogP) is 2.90. The second-order valence-corrected chi connectivity index (χ2v) is 7.93. The van der Waals surface area contributed by atoms with Crippen LogP contribution in [0, 0.1) is 12.8 Å². The number of thiophene rings is 1. The van der Waals surface area contributed by atoms with Crippen molar-refractivity contribution in [3.8, 4) is 0 Å². The van der Waals surface area contributed by atoms with Gasteiger partial charge in [0.1, 0.15) is 6.17 Å². The molecule has 1 fully saturated rings. The van der Waals surface area contributed by atoms with E-state index in [4.69, 9.17) is 0 Å². The lowest BCUT2D eigenvalue weighted by Gasteiger charge is -2.34. The lowest BCUT2D eigenvalue weighted by molar-refractivity contribution is -0.127. The number of amides is 1. The van der Waals surface area contributed by atoms with E-state index < -0.39 is 0 Å². The molecule has 1 aromatic heterocycles. The van der Waals surface area contributed by atoms with Crippen LogP contribution in [0.25, 0.3) is 0 Å². The van der Waals surface area contributed by atoms with Gasteiger partial charge in [-0.05, 0) is 48.8 Å².